The second-order valence-corrected chi connectivity index (χ2v) is 6.37. The zero-order chi connectivity index (χ0) is 14.7. The summed E-state index contributed by atoms with van der Waals surface area (Å²) in [6.07, 6.45) is 1.63. The Labute approximate surface area is 122 Å². The summed E-state index contributed by atoms with van der Waals surface area (Å²) >= 11 is 1.45. The maximum atomic E-state index is 11.5. The number of hydrogen-bond acceptors (Lipinski definition) is 5. The van der Waals surface area contributed by atoms with E-state index in [1.165, 1.54) is 11.3 Å². The minimum Gasteiger partial charge on any atom is -0.369 e. The Morgan fingerprint density at radius 1 is 1.45 bits per heavy atom. The van der Waals surface area contributed by atoms with E-state index in [0.717, 1.165) is 42.9 Å². The summed E-state index contributed by atoms with van der Waals surface area (Å²) in [7, 11) is 0. The van der Waals surface area contributed by atoms with E-state index >= 15 is 0 Å². The Morgan fingerprint density at radius 2 is 2.10 bits per heavy atom. The number of rotatable bonds is 4. The van der Waals surface area contributed by atoms with Gasteiger partial charge in [0.2, 0.25) is 5.91 Å². The highest BCUT2D eigenvalue weighted by Gasteiger charge is 2.23. The highest BCUT2D eigenvalue weighted by molar-refractivity contribution is 7.14. The minimum absolute atomic E-state index is 0.00778. The van der Waals surface area contributed by atoms with Crippen molar-refractivity contribution < 1.29 is 9.59 Å². The molecule has 0 spiro atoms. The van der Waals surface area contributed by atoms with Gasteiger partial charge < -0.3 is 5.73 Å². The number of carbonyl (C=O) groups is 2. The maximum absolute atomic E-state index is 11.5. The molecule has 2 heterocycles. The molecule has 2 amide bonds. The van der Waals surface area contributed by atoms with Gasteiger partial charge in [-0.15, -0.1) is 11.3 Å². The minimum atomic E-state index is -0.253. The monoisotopic (exact) mass is 296 g/mol. The molecular weight excluding hydrogens is 276 g/mol. The second-order valence-electron chi connectivity index (χ2n) is 5.12. The SMILES string of the molecule is Cc1sc(C(=O)NN)cc1CN1CCC(C(N)=O)CC1. The van der Waals surface area contributed by atoms with Gasteiger partial charge >= 0.3 is 0 Å². The Hall–Kier alpha value is -1.44. The number of aryl methyl sites for hydroxylation is 1. The predicted octanol–water partition coefficient (Wildman–Crippen LogP) is 0.357. The van der Waals surface area contributed by atoms with Crippen LogP contribution in [0.3, 0.4) is 0 Å². The molecule has 0 radical (unpaired) electrons. The number of amides is 2. The summed E-state index contributed by atoms with van der Waals surface area (Å²) in [5.41, 5.74) is 8.62. The van der Waals surface area contributed by atoms with Crippen LogP contribution in [0, 0.1) is 12.8 Å². The number of nitrogens with two attached hydrogens (primary N) is 2. The maximum Gasteiger partial charge on any atom is 0.275 e. The lowest BCUT2D eigenvalue weighted by molar-refractivity contribution is -0.123. The van der Waals surface area contributed by atoms with E-state index in [4.69, 9.17) is 11.6 Å². The van der Waals surface area contributed by atoms with E-state index in [2.05, 4.69) is 10.3 Å². The number of hydrogen-bond donors (Lipinski definition) is 3. The van der Waals surface area contributed by atoms with Crippen LogP contribution in [-0.4, -0.2) is 29.8 Å². The van der Waals surface area contributed by atoms with E-state index in [9.17, 15) is 9.59 Å². The van der Waals surface area contributed by atoms with Gasteiger partial charge in [-0.1, -0.05) is 0 Å². The van der Waals surface area contributed by atoms with Crippen molar-refractivity contribution in [2.45, 2.75) is 26.3 Å². The molecular formula is C13H20N4O2S. The molecule has 0 saturated carbocycles. The van der Waals surface area contributed by atoms with E-state index < -0.39 is 0 Å². The van der Waals surface area contributed by atoms with E-state index in [1.807, 2.05) is 13.0 Å². The summed E-state index contributed by atoms with van der Waals surface area (Å²) < 4.78 is 0. The molecule has 6 nitrogen and oxygen atoms in total. The molecule has 0 unspecified atom stereocenters. The first kappa shape index (κ1) is 15.0. The number of likely N-dealkylation sites (tertiary alicyclic amines) is 1. The molecule has 1 fully saturated rings. The Balaban J connectivity index is 1.96. The van der Waals surface area contributed by atoms with Crippen molar-refractivity contribution in [3.63, 3.8) is 0 Å². The quantitative estimate of drug-likeness (QED) is 0.424. The average molecular weight is 296 g/mol. The summed E-state index contributed by atoms with van der Waals surface area (Å²) in [6.45, 7) is 4.53. The molecule has 1 aliphatic rings. The van der Waals surface area contributed by atoms with Crippen molar-refractivity contribution in [1.82, 2.24) is 10.3 Å². The molecule has 7 heteroatoms. The number of piperidine rings is 1. The number of nitrogens with zero attached hydrogens (tertiary/aromatic N) is 1. The van der Waals surface area contributed by atoms with Crippen LogP contribution in [0.25, 0.3) is 0 Å². The number of primary amides is 1. The van der Waals surface area contributed by atoms with Crippen molar-refractivity contribution in [3.05, 3.63) is 21.4 Å². The number of nitrogen functional groups attached to an aromatic ring is 1. The van der Waals surface area contributed by atoms with Crippen LogP contribution in [0.15, 0.2) is 6.07 Å². The zero-order valence-corrected chi connectivity index (χ0v) is 12.3. The van der Waals surface area contributed by atoms with E-state index in [1.54, 1.807) is 0 Å². The van der Waals surface area contributed by atoms with Crippen LogP contribution >= 0.6 is 11.3 Å². The first-order valence-corrected chi connectivity index (χ1v) is 7.45. The highest BCUT2D eigenvalue weighted by atomic mass is 32.1. The van der Waals surface area contributed by atoms with Crippen LogP contribution < -0.4 is 17.0 Å². The first-order valence-electron chi connectivity index (χ1n) is 6.63. The fraction of sp³-hybridized carbons (Fsp3) is 0.538. The van der Waals surface area contributed by atoms with Gasteiger partial charge in [-0.3, -0.25) is 19.9 Å². The molecule has 0 aliphatic carbocycles. The van der Waals surface area contributed by atoms with E-state index in [0.29, 0.717) is 4.88 Å². The number of nitrogens with one attached hydrogen (secondary N) is 1. The molecule has 110 valence electrons. The number of thiophene rings is 1. The topological polar surface area (TPSA) is 101 Å². The van der Waals surface area contributed by atoms with Gasteiger partial charge in [0, 0.05) is 17.3 Å². The highest BCUT2D eigenvalue weighted by Crippen LogP contribution is 2.25. The van der Waals surface area contributed by atoms with Gasteiger partial charge in [0.15, 0.2) is 0 Å². The predicted molar refractivity (Wildman–Crippen MR) is 77.9 cm³/mol. The third kappa shape index (κ3) is 3.36. The fourth-order valence-electron chi connectivity index (χ4n) is 2.48. The average Bonchev–Trinajstić information content (AvgIpc) is 2.80. The van der Waals surface area contributed by atoms with Crippen LogP contribution in [-0.2, 0) is 11.3 Å². The molecule has 0 aromatic carbocycles. The standard InChI is InChI=1S/C13H20N4O2S/c1-8-10(6-11(20-8)13(19)16-15)7-17-4-2-9(3-5-17)12(14)18/h6,9H,2-5,7,15H2,1H3,(H2,14,18)(H,16,19). The lowest BCUT2D eigenvalue weighted by Crippen LogP contribution is -2.38. The second kappa shape index (κ2) is 6.34. The molecule has 0 bridgehead atoms. The first-order chi connectivity index (χ1) is 9.51. The van der Waals surface area contributed by atoms with Gasteiger partial charge in [-0.25, -0.2) is 5.84 Å². The van der Waals surface area contributed by atoms with E-state index in [-0.39, 0.29) is 17.7 Å². The number of hydrazine groups is 1. The molecule has 2 rings (SSSR count). The van der Waals surface area contributed by atoms with Crippen LogP contribution in [0.1, 0.15) is 33.0 Å². The third-order valence-electron chi connectivity index (χ3n) is 3.76. The van der Waals surface area contributed by atoms with Crippen molar-refractivity contribution in [2.75, 3.05) is 13.1 Å². The molecule has 1 aliphatic heterocycles. The lowest BCUT2D eigenvalue weighted by atomic mass is 9.96. The van der Waals surface area contributed by atoms with Gasteiger partial charge in [0.1, 0.15) is 0 Å². The molecule has 20 heavy (non-hydrogen) atoms. The van der Waals surface area contributed by atoms with Gasteiger partial charge in [0.25, 0.3) is 5.91 Å². The normalized spacial score (nSPS) is 17.1. The molecule has 5 N–H and O–H groups in total. The third-order valence-corrected chi connectivity index (χ3v) is 4.85. The smallest absolute Gasteiger partial charge is 0.275 e. The summed E-state index contributed by atoms with van der Waals surface area (Å²) in [5, 5.41) is 0. The Kier molecular flexibility index (Phi) is 4.74. The van der Waals surface area contributed by atoms with Crippen LogP contribution in [0.4, 0.5) is 0 Å². The van der Waals surface area contributed by atoms with Crippen molar-refractivity contribution >= 4 is 23.2 Å². The lowest BCUT2D eigenvalue weighted by Gasteiger charge is -2.30. The van der Waals surface area contributed by atoms with Crippen LogP contribution in [0.5, 0.6) is 0 Å². The molecule has 1 saturated heterocycles. The summed E-state index contributed by atoms with van der Waals surface area (Å²) in [4.78, 5) is 26.7. The largest absolute Gasteiger partial charge is 0.369 e. The van der Waals surface area contributed by atoms with Gasteiger partial charge in [0.05, 0.1) is 4.88 Å². The molecule has 1 aromatic rings. The summed E-state index contributed by atoms with van der Waals surface area (Å²) in [5.74, 6) is 4.70. The Morgan fingerprint density at radius 3 is 2.65 bits per heavy atom. The van der Waals surface area contributed by atoms with Crippen LogP contribution in [0.2, 0.25) is 0 Å². The van der Waals surface area contributed by atoms with Crippen molar-refractivity contribution in [1.29, 1.82) is 0 Å². The van der Waals surface area contributed by atoms with Crippen molar-refractivity contribution in [3.8, 4) is 0 Å². The Bertz CT molecular complexity index is 506. The summed E-state index contributed by atoms with van der Waals surface area (Å²) in [6, 6.07) is 1.89. The molecule has 1 aromatic heterocycles. The zero-order valence-electron chi connectivity index (χ0n) is 11.5. The fourth-order valence-corrected chi connectivity index (χ4v) is 3.41. The van der Waals surface area contributed by atoms with Crippen molar-refractivity contribution in [2.24, 2.45) is 17.5 Å². The van der Waals surface area contributed by atoms with Gasteiger partial charge in [-0.05, 0) is 44.5 Å². The molecule has 0 atom stereocenters. The van der Waals surface area contributed by atoms with Gasteiger partial charge in [-0.2, -0.15) is 0 Å². The number of carbonyl (C=O) groups excluding carboxylic acids is 2.